The van der Waals surface area contributed by atoms with Gasteiger partial charge in [-0.05, 0) is 15.6 Å². The lowest BCUT2D eigenvalue weighted by molar-refractivity contribution is 0.707. The summed E-state index contributed by atoms with van der Waals surface area (Å²) in [5, 5.41) is 32.4. The Labute approximate surface area is 87.4 Å². The average molecular weight is 218 g/mol. The summed E-state index contributed by atoms with van der Waals surface area (Å²) in [6.45, 7) is 0. The summed E-state index contributed by atoms with van der Waals surface area (Å²) < 4.78 is 4.23. The van der Waals surface area contributed by atoms with Crippen molar-refractivity contribution in [1.82, 2.24) is 60.4 Å². The highest BCUT2D eigenvalue weighted by atomic mass is 15.6. The highest BCUT2D eigenvalue weighted by Gasteiger charge is 2.10. The Hall–Kier alpha value is -2.73. The summed E-state index contributed by atoms with van der Waals surface area (Å²) >= 11 is 0. The third-order valence-electron chi connectivity index (χ3n) is 1.80. The smallest absolute Gasteiger partial charge is 0.273 e. The maximum atomic E-state index is 3.75. The minimum atomic E-state index is -0.569. The Morgan fingerprint density at radius 3 is 1.25 bits per heavy atom. The topological polar surface area (TPSA) is 131 Å². The quantitative estimate of drug-likeness (QED) is 0.412. The van der Waals surface area contributed by atoms with Gasteiger partial charge < -0.3 is 13.8 Å². The molecule has 12 nitrogen and oxygen atoms in total. The van der Waals surface area contributed by atoms with Crippen molar-refractivity contribution in [2.24, 2.45) is 0 Å². The molecule has 3 aromatic rings. The fourth-order valence-electron chi connectivity index (χ4n) is 1.19. The second-order valence-electron chi connectivity index (χ2n) is 2.72. The predicted molar refractivity (Wildman–Crippen MR) is 45.4 cm³/mol. The van der Waals surface area contributed by atoms with Crippen LogP contribution in [0, 0.1) is 0 Å². The summed E-state index contributed by atoms with van der Waals surface area (Å²) in [6, 6.07) is 0. The van der Waals surface area contributed by atoms with Crippen LogP contribution in [0.25, 0.3) is 0 Å². The molecule has 0 fully saturated rings. The van der Waals surface area contributed by atoms with Gasteiger partial charge in [0, 0.05) is 0 Å². The van der Waals surface area contributed by atoms with Crippen molar-refractivity contribution in [2.75, 3.05) is 0 Å². The van der Waals surface area contributed by atoms with E-state index in [4.69, 9.17) is 0 Å². The predicted octanol–water partition coefficient (Wildman–Crippen LogP) is -3.42. The van der Waals surface area contributed by atoms with Crippen molar-refractivity contribution < 1.29 is 0 Å². The molecule has 0 unspecified atom stereocenters. The van der Waals surface area contributed by atoms with Gasteiger partial charge in [-0.25, -0.2) is 0 Å². The summed E-state index contributed by atoms with van der Waals surface area (Å²) in [5.74, 6) is 0. The second kappa shape index (κ2) is 3.45. The fourth-order valence-corrected chi connectivity index (χ4v) is 1.19. The number of nitrogens with zero attached hydrogens (tertiary/aromatic N) is 12. The second-order valence-corrected chi connectivity index (χ2v) is 2.72. The molecular weight excluding hydrogens is 215 g/mol. The molecule has 0 bridgehead atoms. The normalized spacial score (nSPS) is 11.1. The highest BCUT2D eigenvalue weighted by Crippen LogP contribution is 1.91. The van der Waals surface area contributed by atoms with Crippen molar-refractivity contribution in [3.05, 3.63) is 19.0 Å². The maximum Gasteiger partial charge on any atom is 0.273 e. The Morgan fingerprint density at radius 1 is 0.625 bits per heavy atom. The average Bonchev–Trinajstić information content (AvgIpc) is 3.02. The van der Waals surface area contributed by atoms with E-state index in [0.717, 1.165) is 0 Å². The molecule has 0 saturated heterocycles. The zero-order chi connectivity index (χ0) is 10.8. The molecule has 16 heavy (non-hydrogen) atoms. The number of aromatic nitrogens is 12. The lowest BCUT2D eigenvalue weighted by Crippen LogP contribution is -2.43. The zero-order valence-electron chi connectivity index (χ0n) is 7.68. The van der Waals surface area contributed by atoms with Crippen LogP contribution in [-0.4, -0.2) is 67.5 Å². The van der Waals surface area contributed by atoms with Crippen LogP contribution in [0.15, 0.2) is 19.0 Å². The van der Waals surface area contributed by atoms with Gasteiger partial charge >= 0.3 is 0 Å². The molecule has 0 atom stereocenters. The fraction of sp³-hybridized carbons (Fsp3) is 0. The Morgan fingerprint density at radius 2 is 1.00 bits per heavy atom. The molecule has 0 aliphatic carbocycles. The van der Waals surface area contributed by atoms with Crippen LogP contribution < -0.4 is 0 Å². The lowest BCUT2D eigenvalue weighted by atomic mass is 9.96. The summed E-state index contributed by atoms with van der Waals surface area (Å²) in [5.41, 5.74) is 0. The van der Waals surface area contributed by atoms with Crippen LogP contribution in [0.5, 0.6) is 0 Å². The van der Waals surface area contributed by atoms with Gasteiger partial charge in [-0.15, -0.1) is 15.3 Å². The van der Waals surface area contributed by atoms with Gasteiger partial charge in [0.15, 0.2) is 0 Å². The van der Waals surface area contributed by atoms with E-state index in [0.29, 0.717) is 0 Å². The Bertz CT molecular complexity index is 441. The van der Waals surface area contributed by atoms with Crippen LogP contribution in [0.4, 0.5) is 0 Å². The number of rotatable bonds is 3. The minimum Gasteiger partial charge on any atom is -0.388 e. The molecule has 0 N–H and O–H groups in total. The van der Waals surface area contributed by atoms with Crippen molar-refractivity contribution in [3.63, 3.8) is 0 Å². The molecule has 79 valence electrons. The van der Waals surface area contributed by atoms with Gasteiger partial charge in [0.2, 0.25) is 0 Å². The van der Waals surface area contributed by atoms with Gasteiger partial charge in [0.1, 0.15) is 0 Å². The van der Waals surface area contributed by atoms with Crippen molar-refractivity contribution in [3.8, 4) is 0 Å². The van der Waals surface area contributed by atoms with Crippen LogP contribution in [0.3, 0.4) is 0 Å². The zero-order valence-corrected chi connectivity index (χ0v) is 7.68. The van der Waals surface area contributed by atoms with E-state index in [-0.39, 0.29) is 0 Å². The molecule has 3 heterocycles. The molecule has 0 aliphatic rings. The molecule has 13 heteroatoms. The molecule has 0 amide bonds. The summed E-state index contributed by atoms with van der Waals surface area (Å²) in [7, 11) is -0.569. The monoisotopic (exact) mass is 218 g/mol. The first-order valence-corrected chi connectivity index (χ1v) is 4.12. The minimum absolute atomic E-state index is 0.569. The van der Waals surface area contributed by atoms with E-state index in [1.54, 1.807) is 0 Å². The standard InChI is InChI=1S/C3H3BN12/c1-5-8-11-14(1)4(15-2-6-9-12-15)16-3-7-10-13-16/h1-3H/q-1. The van der Waals surface area contributed by atoms with E-state index in [1.165, 1.54) is 32.8 Å². The summed E-state index contributed by atoms with van der Waals surface area (Å²) in [4.78, 5) is 0. The van der Waals surface area contributed by atoms with E-state index >= 15 is 0 Å². The summed E-state index contributed by atoms with van der Waals surface area (Å²) in [6.07, 6.45) is 4.23. The molecule has 0 aliphatic heterocycles. The van der Waals surface area contributed by atoms with E-state index in [2.05, 4.69) is 46.6 Å². The molecule has 0 aromatic carbocycles. The largest absolute Gasteiger partial charge is 0.388 e. The number of tetrazole rings is 3. The van der Waals surface area contributed by atoms with Gasteiger partial charge in [-0.2, -0.15) is 0 Å². The van der Waals surface area contributed by atoms with Gasteiger partial charge in [0.05, 0.1) is 19.0 Å². The first kappa shape index (κ1) is 8.57. The highest BCUT2D eigenvalue weighted by molar-refractivity contribution is 6.52. The first-order valence-electron chi connectivity index (χ1n) is 4.12. The molecule has 0 saturated carbocycles. The maximum absolute atomic E-state index is 3.75. The first-order chi connectivity index (χ1) is 7.95. The van der Waals surface area contributed by atoms with Crippen LogP contribution in [0.1, 0.15) is 0 Å². The number of hydrogen-bond acceptors (Lipinski definition) is 9. The number of hydrogen-bond donors (Lipinski definition) is 0. The van der Waals surface area contributed by atoms with Gasteiger partial charge in [-0.1, -0.05) is 15.6 Å². The lowest BCUT2D eigenvalue weighted by Gasteiger charge is -2.24. The molecule has 1 radical (unpaired) electrons. The molecule has 3 aromatic heterocycles. The van der Waals surface area contributed by atoms with Crippen molar-refractivity contribution >= 4 is 7.12 Å². The molecule has 0 spiro atoms. The Balaban J connectivity index is 2.09. The van der Waals surface area contributed by atoms with Crippen LogP contribution >= 0.6 is 0 Å². The van der Waals surface area contributed by atoms with Gasteiger partial charge in [-0.3, -0.25) is 0 Å². The van der Waals surface area contributed by atoms with Crippen molar-refractivity contribution in [1.29, 1.82) is 0 Å². The van der Waals surface area contributed by atoms with E-state index < -0.39 is 7.12 Å². The Kier molecular flexibility index (Phi) is 1.85. The SMILES string of the molecule is c1nnnn1[B-](n1cnnn1)n1cnnn1. The van der Waals surface area contributed by atoms with Crippen LogP contribution in [0.2, 0.25) is 0 Å². The molecular formula is C3H3BN12-. The third kappa shape index (κ3) is 1.30. The van der Waals surface area contributed by atoms with E-state index in [1.807, 2.05) is 0 Å². The van der Waals surface area contributed by atoms with Crippen LogP contribution in [-0.2, 0) is 0 Å². The molecule has 3 rings (SSSR count). The van der Waals surface area contributed by atoms with Gasteiger partial charge in [0.25, 0.3) is 7.12 Å². The van der Waals surface area contributed by atoms with E-state index in [9.17, 15) is 0 Å². The van der Waals surface area contributed by atoms with Crippen molar-refractivity contribution in [2.45, 2.75) is 0 Å². The third-order valence-corrected chi connectivity index (χ3v) is 1.80.